The Hall–Kier alpha value is -0.810. The molecule has 2 unspecified atom stereocenters. The number of carbonyl (C=O) groups is 1. The molecule has 0 aromatic rings. The van der Waals surface area contributed by atoms with E-state index in [2.05, 4.69) is 5.32 Å². The van der Waals surface area contributed by atoms with E-state index in [9.17, 15) is 4.79 Å². The largest absolute Gasteiger partial charge is 0.444 e. The highest BCUT2D eigenvalue weighted by Crippen LogP contribution is 2.25. The van der Waals surface area contributed by atoms with E-state index >= 15 is 0 Å². The second-order valence-electron chi connectivity index (χ2n) is 6.03. The van der Waals surface area contributed by atoms with Gasteiger partial charge in [0.2, 0.25) is 0 Å². The first-order valence-corrected chi connectivity index (χ1v) is 7.13. The summed E-state index contributed by atoms with van der Waals surface area (Å²) in [5, 5.41) is 3.19. The first-order chi connectivity index (χ1) is 8.87. The van der Waals surface area contributed by atoms with Gasteiger partial charge in [-0.15, -0.1) is 0 Å². The fourth-order valence-electron chi connectivity index (χ4n) is 2.35. The number of nitrogens with one attached hydrogen (secondary N) is 1. The third-order valence-corrected chi connectivity index (χ3v) is 3.14. The number of ether oxygens (including phenoxy) is 2. The van der Waals surface area contributed by atoms with Crippen molar-refractivity contribution in [1.29, 1.82) is 0 Å². The lowest BCUT2D eigenvalue weighted by molar-refractivity contribution is -0.0901. The summed E-state index contributed by atoms with van der Waals surface area (Å²) in [6.07, 6.45) is 1.43. The minimum absolute atomic E-state index is 0.160. The van der Waals surface area contributed by atoms with E-state index in [1.807, 2.05) is 34.7 Å². The molecule has 0 bridgehead atoms. The van der Waals surface area contributed by atoms with Gasteiger partial charge in [-0.1, -0.05) is 0 Å². The van der Waals surface area contributed by atoms with Crippen molar-refractivity contribution in [3.63, 3.8) is 0 Å². The quantitative estimate of drug-likeness (QED) is 0.852. The van der Waals surface area contributed by atoms with E-state index in [0.717, 1.165) is 19.4 Å². The Morgan fingerprint density at radius 2 is 2.11 bits per heavy atom. The lowest BCUT2D eigenvalue weighted by atomic mass is 9.95. The lowest BCUT2D eigenvalue weighted by Gasteiger charge is -2.39. The SMILES string of the molecule is CCOC1CC(CNC)CCN1C(=O)OC(C)(C)C. The summed E-state index contributed by atoms with van der Waals surface area (Å²) in [5.41, 5.74) is -0.463. The number of piperidine rings is 1. The number of rotatable bonds is 4. The van der Waals surface area contributed by atoms with Gasteiger partial charge in [-0.25, -0.2) is 4.79 Å². The molecule has 1 rings (SSSR count). The van der Waals surface area contributed by atoms with Gasteiger partial charge in [-0.05, 0) is 60.0 Å². The molecule has 1 N–H and O–H groups in total. The third-order valence-electron chi connectivity index (χ3n) is 3.14. The van der Waals surface area contributed by atoms with E-state index in [-0.39, 0.29) is 12.3 Å². The summed E-state index contributed by atoms with van der Waals surface area (Å²) in [5.74, 6) is 0.556. The fraction of sp³-hybridized carbons (Fsp3) is 0.929. The Morgan fingerprint density at radius 3 is 2.63 bits per heavy atom. The smallest absolute Gasteiger partial charge is 0.412 e. The van der Waals surface area contributed by atoms with Crippen LogP contribution in [-0.2, 0) is 9.47 Å². The van der Waals surface area contributed by atoms with Crippen LogP contribution in [-0.4, -0.2) is 49.6 Å². The van der Waals surface area contributed by atoms with E-state index in [1.165, 1.54) is 0 Å². The fourth-order valence-corrected chi connectivity index (χ4v) is 2.35. The van der Waals surface area contributed by atoms with Crippen LogP contribution >= 0.6 is 0 Å². The highest BCUT2D eigenvalue weighted by atomic mass is 16.6. The predicted octanol–water partition coefficient (Wildman–Crippen LogP) is 2.22. The monoisotopic (exact) mass is 272 g/mol. The minimum Gasteiger partial charge on any atom is -0.444 e. The molecule has 0 aromatic heterocycles. The van der Waals surface area contributed by atoms with Gasteiger partial charge in [0.25, 0.3) is 0 Å². The van der Waals surface area contributed by atoms with Crippen molar-refractivity contribution < 1.29 is 14.3 Å². The number of hydrogen-bond donors (Lipinski definition) is 1. The van der Waals surface area contributed by atoms with Gasteiger partial charge in [-0.3, -0.25) is 4.90 Å². The lowest BCUT2D eigenvalue weighted by Crippen LogP contribution is -2.50. The Labute approximate surface area is 116 Å². The van der Waals surface area contributed by atoms with Gasteiger partial charge in [0.15, 0.2) is 0 Å². The molecule has 5 heteroatoms. The van der Waals surface area contributed by atoms with Gasteiger partial charge >= 0.3 is 6.09 Å². The molecule has 1 aliphatic rings. The molecule has 2 atom stereocenters. The zero-order valence-corrected chi connectivity index (χ0v) is 12.9. The Balaban J connectivity index is 2.63. The van der Waals surface area contributed by atoms with Crippen molar-refractivity contribution in [2.45, 2.75) is 52.4 Å². The summed E-state index contributed by atoms with van der Waals surface area (Å²) < 4.78 is 11.1. The van der Waals surface area contributed by atoms with Crippen molar-refractivity contribution in [1.82, 2.24) is 10.2 Å². The Morgan fingerprint density at radius 1 is 1.42 bits per heavy atom. The van der Waals surface area contributed by atoms with E-state index in [0.29, 0.717) is 19.1 Å². The Bertz CT molecular complexity index is 289. The average Bonchev–Trinajstić information content (AvgIpc) is 2.27. The molecule has 1 aliphatic heterocycles. The zero-order valence-electron chi connectivity index (χ0n) is 12.9. The van der Waals surface area contributed by atoms with Crippen LogP contribution in [0.15, 0.2) is 0 Å². The summed E-state index contributed by atoms with van der Waals surface area (Å²) in [6.45, 7) is 9.87. The van der Waals surface area contributed by atoms with Crippen molar-refractivity contribution in [3.05, 3.63) is 0 Å². The number of likely N-dealkylation sites (tertiary alicyclic amines) is 1. The Kier molecular flexibility index (Phi) is 6.07. The molecule has 1 amide bonds. The van der Waals surface area contributed by atoms with Gasteiger partial charge in [0, 0.05) is 13.2 Å². The molecule has 1 saturated heterocycles. The zero-order chi connectivity index (χ0) is 14.5. The molecule has 0 aromatic carbocycles. The molecule has 112 valence electrons. The van der Waals surface area contributed by atoms with E-state index in [1.54, 1.807) is 4.90 Å². The maximum Gasteiger partial charge on any atom is 0.412 e. The average molecular weight is 272 g/mol. The molecule has 0 aliphatic carbocycles. The first kappa shape index (κ1) is 16.2. The summed E-state index contributed by atoms with van der Waals surface area (Å²) in [7, 11) is 1.95. The number of amides is 1. The van der Waals surface area contributed by atoms with Crippen molar-refractivity contribution in [2.24, 2.45) is 5.92 Å². The summed E-state index contributed by atoms with van der Waals surface area (Å²) >= 11 is 0. The molecule has 0 spiro atoms. The molecule has 19 heavy (non-hydrogen) atoms. The van der Waals surface area contributed by atoms with Crippen molar-refractivity contribution in [3.8, 4) is 0 Å². The first-order valence-electron chi connectivity index (χ1n) is 7.13. The molecular formula is C14H28N2O3. The molecular weight excluding hydrogens is 244 g/mol. The molecule has 1 fully saturated rings. The second-order valence-corrected chi connectivity index (χ2v) is 6.03. The van der Waals surface area contributed by atoms with Crippen LogP contribution in [0, 0.1) is 5.92 Å². The highest BCUT2D eigenvalue weighted by molar-refractivity contribution is 5.68. The van der Waals surface area contributed by atoms with Crippen LogP contribution < -0.4 is 5.32 Å². The summed E-state index contributed by atoms with van der Waals surface area (Å²) in [4.78, 5) is 13.9. The number of carbonyl (C=O) groups excluding carboxylic acids is 1. The number of nitrogens with zero attached hydrogens (tertiary/aromatic N) is 1. The minimum atomic E-state index is -0.463. The molecule has 0 saturated carbocycles. The molecule has 5 nitrogen and oxygen atoms in total. The molecule has 1 heterocycles. The van der Waals surface area contributed by atoms with Crippen LogP contribution in [0.4, 0.5) is 4.79 Å². The number of hydrogen-bond acceptors (Lipinski definition) is 4. The highest BCUT2D eigenvalue weighted by Gasteiger charge is 2.34. The van der Waals surface area contributed by atoms with Crippen LogP contribution in [0.5, 0.6) is 0 Å². The van der Waals surface area contributed by atoms with E-state index in [4.69, 9.17) is 9.47 Å². The van der Waals surface area contributed by atoms with Gasteiger partial charge in [0.05, 0.1) is 0 Å². The van der Waals surface area contributed by atoms with Crippen LogP contribution in [0.1, 0.15) is 40.5 Å². The van der Waals surface area contributed by atoms with Gasteiger partial charge < -0.3 is 14.8 Å². The maximum absolute atomic E-state index is 12.2. The second kappa shape index (κ2) is 7.10. The predicted molar refractivity (Wildman–Crippen MR) is 75.0 cm³/mol. The maximum atomic E-state index is 12.2. The van der Waals surface area contributed by atoms with Gasteiger partial charge in [0.1, 0.15) is 11.8 Å². The third kappa shape index (κ3) is 5.37. The topological polar surface area (TPSA) is 50.8 Å². The van der Waals surface area contributed by atoms with Crippen LogP contribution in [0.2, 0.25) is 0 Å². The standard InChI is InChI=1S/C14H28N2O3/c1-6-18-12-9-11(10-15-5)7-8-16(12)13(17)19-14(2,3)4/h11-12,15H,6-10H2,1-5H3. The van der Waals surface area contributed by atoms with Crippen LogP contribution in [0.25, 0.3) is 0 Å². The van der Waals surface area contributed by atoms with Gasteiger partial charge in [-0.2, -0.15) is 0 Å². The van der Waals surface area contributed by atoms with Crippen LogP contribution in [0.3, 0.4) is 0 Å². The molecule has 0 radical (unpaired) electrons. The van der Waals surface area contributed by atoms with E-state index < -0.39 is 5.60 Å². The normalized spacial score (nSPS) is 24.4. The summed E-state index contributed by atoms with van der Waals surface area (Å²) in [6, 6.07) is 0. The van der Waals surface area contributed by atoms with Crippen molar-refractivity contribution >= 4 is 6.09 Å². The van der Waals surface area contributed by atoms with Crippen molar-refractivity contribution in [2.75, 3.05) is 26.7 Å².